The number of hydrogen-bond donors (Lipinski definition) is 1. The number of carbonyl (C=O) groups is 2. The Kier molecular flexibility index (Phi) is 7.74. The Labute approximate surface area is 204 Å². The zero-order chi connectivity index (χ0) is 25.2. The fourth-order valence-corrected chi connectivity index (χ4v) is 4.14. The Bertz CT molecular complexity index is 1110. The van der Waals surface area contributed by atoms with E-state index in [0.717, 1.165) is 5.69 Å². The lowest BCUT2D eigenvalue weighted by Gasteiger charge is -2.27. The van der Waals surface area contributed by atoms with Crippen LogP contribution in [0.1, 0.15) is 17.2 Å². The quantitative estimate of drug-likeness (QED) is 0.347. The highest BCUT2D eigenvalue weighted by Crippen LogP contribution is 2.43. The van der Waals surface area contributed by atoms with Gasteiger partial charge in [-0.1, -0.05) is 23.7 Å². The number of carbonyl (C=O) groups excluding carboxylic acids is 2. The molecule has 0 spiro atoms. The van der Waals surface area contributed by atoms with Crippen molar-refractivity contribution in [3.8, 4) is 11.5 Å². The second-order valence-corrected chi connectivity index (χ2v) is 8.88. The Morgan fingerprint density at radius 2 is 1.65 bits per heavy atom. The summed E-state index contributed by atoms with van der Waals surface area (Å²) >= 11 is 6.21. The molecule has 34 heavy (non-hydrogen) atoms. The average Bonchev–Trinajstić information content (AvgIpc) is 3.06. The van der Waals surface area contributed by atoms with E-state index in [1.807, 2.05) is 62.3 Å². The van der Waals surface area contributed by atoms with Crippen molar-refractivity contribution in [3.63, 3.8) is 0 Å². The summed E-state index contributed by atoms with van der Waals surface area (Å²) in [6, 6.07) is 9.78. The molecule has 1 aliphatic rings. The van der Waals surface area contributed by atoms with Crippen molar-refractivity contribution in [2.45, 2.75) is 6.04 Å². The Morgan fingerprint density at radius 3 is 2.18 bits per heavy atom. The summed E-state index contributed by atoms with van der Waals surface area (Å²) in [6.07, 6.45) is 0. The average molecular weight is 488 g/mol. The van der Waals surface area contributed by atoms with Crippen LogP contribution in [0.5, 0.6) is 11.5 Å². The summed E-state index contributed by atoms with van der Waals surface area (Å²) in [6.45, 7) is 0.868. The number of likely N-dealkylation sites (tertiary alicyclic amines) is 1. The second-order valence-electron chi connectivity index (χ2n) is 8.47. The first-order chi connectivity index (χ1) is 16.1. The van der Waals surface area contributed by atoms with Gasteiger partial charge in [0.2, 0.25) is 0 Å². The molecule has 1 amide bonds. The maximum atomic E-state index is 13.2. The molecule has 0 saturated carbocycles. The number of aliphatic hydroxyl groups excluding tert-OH is 1. The van der Waals surface area contributed by atoms with E-state index in [1.54, 1.807) is 0 Å². The summed E-state index contributed by atoms with van der Waals surface area (Å²) in [5, 5.41) is 11.7. The topological polar surface area (TPSA) is 82.5 Å². The largest absolute Gasteiger partial charge is 0.507 e. The molecule has 0 aromatic heterocycles. The van der Waals surface area contributed by atoms with Gasteiger partial charge in [-0.15, -0.1) is 0 Å². The minimum atomic E-state index is -0.762. The van der Waals surface area contributed by atoms with Gasteiger partial charge in [-0.2, -0.15) is 0 Å². The Balaban J connectivity index is 2.22. The van der Waals surface area contributed by atoms with Crippen LogP contribution in [-0.2, 0) is 9.59 Å². The highest BCUT2D eigenvalue weighted by atomic mass is 35.5. The predicted molar refractivity (Wildman–Crippen MR) is 133 cm³/mol. The monoisotopic (exact) mass is 487 g/mol. The van der Waals surface area contributed by atoms with Crippen molar-refractivity contribution in [3.05, 3.63) is 58.1 Å². The third-order valence-electron chi connectivity index (χ3n) is 5.78. The fourth-order valence-electron chi connectivity index (χ4n) is 3.91. The second kappa shape index (κ2) is 10.4. The molecule has 9 heteroatoms. The van der Waals surface area contributed by atoms with Crippen LogP contribution < -0.4 is 14.4 Å². The number of rotatable bonds is 8. The van der Waals surface area contributed by atoms with Crippen molar-refractivity contribution in [2.24, 2.45) is 0 Å². The molecule has 0 bridgehead atoms. The van der Waals surface area contributed by atoms with Gasteiger partial charge in [0.05, 0.1) is 36.4 Å². The number of benzene rings is 2. The van der Waals surface area contributed by atoms with E-state index < -0.39 is 17.7 Å². The van der Waals surface area contributed by atoms with Crippen molar-refractivity contribution in [2.75, 3.05) is 60.4 Å². The highest BCUT2D eigenvalue weighted by molar-refractivity contribution is 6.46. The number of Topliss-reactive ketones (excluding diaryl/α,β-unsaturated/α-hetero) is 1. The van der Waals surface area contributed by atoms with Gasteiger partial charge in [0, 0.05) is 38.9 Å². The molecule has 0 radical (unpaired) electrons. The number of anilines is 1. The highest BCUT2D eigenvalue weighted by Gasteiger charge is 2.46. The van der Waals surface area contributed by atoms with Gasteiger partial charge in [0.1, 0.15) is 17.3 Å². The maximum absolute atomic E-state index is 13.2. The number of likely N-dealkylation sites (N-methyl/N-ethyl adjacent to an activating group) is 1. The van der Waals surface area contributed by atoms with E-state index >= 15 is 0 Å². The fraction of sp³-hybridized carbons (Fsp3) is 0.360. The summed E-state index contributed by atoms with van der Waals surface area (Å²) in [4.78, 5) is 31.7. The molecule has 1 heterocycles. The number of methoxy groups -OCH3 is 2. The van der Waals surface area contributed by atoms with E-state index in [0.29, 0.717) is 24.4 Å². The Morgan fingerprint density at radius 1 is 1.03 bits per heavy atom. The van der Waals surface area contributed by atoms with Gasteiger partial charge in [-0.3, -0.25) is 9.59 Å². The van der Waals surface area contributed by atoms with Crippen molar-refractivity contribution in [1.29, 1.82) is 0 Å². The smallest absolute Gasteiger partial charge is 0.295 e. The number of amides is 1. The molecule has 8 nitrogen and oxygen atoms in total. The number of aliphatic hydroxyl groups is 1. The molecule has 1 atom stereocenters. The van der Waals surface area contributed by atoms with Gasteiger partial charge < -0.3 is 29.3 Å². The molecule has 1 aliphatic heterocycles. The van der Waals surface area contributed by atoms with Gasteiger partial charge in [0.25, 0.3) is 11.7 Å². The van der Waals surface area contributed by atoms with Gasteiger partial charge in [-0.05, 0) is 37.9 Å². The molecule has 1 unspecified atom stereocenters. The first kappa shape index (κ1) is 25.4. The number of hydrogen-bond acceptors (Lipinski definition) is 7. The van der Waals surface area contributed by atoms with Crippen molar-refractivity contribution < 1.29 is 24.2 Å². The molecule has 2 aromatic carbocycles. The summed E-state index contributed by atoms with van der Waals surface area (Å²) in [5.41, 5.74) is 1.89. The molecule has 2 aromatic rings. The van der Waals surface area contributed by atoms with E-state index in [2.05, 4.69) is 0 Å². The van der Waals surface area contributed by atoms with Crippen LogP contribution in [0.2, 0.25) is 5.02 Å². The third kappa shape index (κ3) is 4.83. The Hall–Kier alpha value is -3.23. The summed E-state index contributed by atoms with van der Waals surface area (Å²) in [5.74, 6) is -1.21. The van der Waals surface area contributed by atoms with Crippen molar-refractivity contribution in [1.82, 2.24) is 9.80 Å². The standard InChI is InChI=1S/C25H30ClN3O5/c1-27(2)11-12-29-22(15-7-9-16(10-8-15)28(3)4)21(24(31)25(29)32)23(30)17-13-20(34-6)18(26)14-19(17)33-5/h7-10,13-14,22,30H,11-12H2,1-6H3/b23-21+. The number of ether oxygens (including phenoxy) is 2. The zero-order valence-corrected chi connectivity index (χ0v) is 21.0. The van der Waals surface area contributed by atoms with Crippen LogP contribution in [0.25, 0.3) is 5.76 Å². The molecular formula is C25H30ClN3O5. The lowest BCUT2D eigenvalue weighted by Crippen LogP contribution is -2.35. The van der Waals surface area contributed by atoms with E-state index in [1.165, 1.54) is 31.3 Å². The number of halogens is 1. The third-order valence-corrected chi connectivity index (χ3v) is 6.08. The maximum Gasteiger partial charge on any atom is 0.295 e. The van der Waals surface area contributed by atoms with Gasteiger partial charge >= 0.3 is 0 Å². The van der Waals surface area contributed by atoms with Crippen LogP contribution in [0.15, 0.2) is 42.0 Å². The van der Waals surface area contributed by atoms with E-state index in [9.17, 15) is 14.7 Å². The summed E-state index contributed by atoms with van der Waals surface area (Å²) < 4.78 is 10.7. The van der Waals surface area contributed by atoms with Gasteiger partial charge in [0.15, 0.2) is 0 Å². The zero-order valence-electron chi connectivity index (χ0n) is 20.3. The number of ketones is 1. The van der Waals surface area contributed by atoms with E-state index in [4.69, 9.17) is 21.1 Å². The molecule has 182 valence electrons. The normalized spacial score (nSPS) is 17.4. The molecular weight excluding hydrogens is 458 g/mol. The predicted octanol–water partition coefficient (Wildman–Crippen LogP) is 3.41. The molecule has 1 N–H and O–H groups in total. The van der Waals surface area contributed by atoms with Crippen LogP contribution in [-0.4, -0.2) is 82.1 Å². The van der Waals surface area contributed by atoms with Crippen LogP contribution in [0.4, 0.5) is 5.69 Å². The SMILES string of the molecule is COc1cc(/C(O)=C2\C(=O)C(=O)N(CCN(C)C)C2c2ccc(N(C)C)cc2)c(OC)cc1Cl. The molecule has 1 saturated heterocycles. The molecule has 1 fully saturated rings. The number of nitrogens with zero attached hydrogens (tertiary/aromatic N) is 3. The van der Waals surface area contributed by atoms with Gasteiger partial charge in [-0.25, -0.2) is 0 Å². The minimum absolute atomic E-state index is 0.0102. The lowest BCUT2D eigenvalue weighted by atomic mass is 9.94. The van der Waals surface area contributed by atoms with Crippen molar-refractivity contribution >= 4 is 34.7 Å². The van der Waals surface area contributed by atoms with Crippen LogP contribution in [0.3, 0.4) is 0 Å². The summed E-state index contributed by atoms with van der Waals surface area (Å²) in [7, 11) is 10.5. The van der Waals surface area contributed by atoms with E-state index in [-0.39, 0.29) is 27.7 Å². The molecule has 0 aliphatic carbocycles. The minimum Gasteiger partial charge on any atom is -0.507 e. The molecule has 3 rings (SSSR count). The van der Waals surface area contributed by atoms with Crippen LogP contribution >= 0.6 is 11.6 Å². The first-order valence-corrected chi connectivity index (χ1v) is 11.1. The van der Waals surface area contributed by atoms with Crippen LogP contribution in [0, 0.1) is 0 Å². The first-order valence-electron chi connectivity index (χ1n) is 10.7. The lowest BCUT2D eigenvalue weighted by molar-refractivity contribution is -0.140.